The molecule has 0 unspecified atom stereocenters. The van der Waals surface area contributed by atoms with Gasteiger partial charge < -0.3 is 15.1 Å². The average Bonchev–Trinajstić information content (AvgIpc) is 3.45. The van der Waals surface area contributed by atoms with E-state index in [0.717, 1.165) is 35.7 Å². The van der Waals surface area contributed by atoms with Gasteiger partial charge in [0, 0.05) is 45.2 Å². The van der Waals surface area contributed by atoms with Crippen LogP contribution in [0.25, 0.3) is 0 Å². The van der Waals surface area contributed by atoms with Gasteiger partial charge >= 0.3 is 0 Å². The zero-order valence-electron chi connectivity index (χ0n) is 17.3. The fourth-order valence-electron chi connectivity index (χ4n) is 4.60. The predicted molar refractivity (Wildman–Crippen MR) is 118 cm³/mol. The van der Waals surface area contributed by atoms with Crippen LogP contribution in [0.2, 0.25) is 0 Å². The average molecular weight is 443 g/mol. The maximum Gasteiger partial charge on any atom is 0.240 e. The number of nitrogens with one attached hydrogen (secondary N) is 2. The van der Waals surface area contributed by atoms with Crippen LogP contribution in [0.5, 0.6) is 0 Å². The molecule has 2 aromatic rings. The van der Waals surface area contributed by atoms with E-state index in [0.29, 0.717) is 38.2 Å². The Hall–Kier alpha value is -2.72. The molecule has 5 rings (SSSR count). The van der Waals surface area contributed by atoms with E-state index in [4.69, 9.17) is 0 Å². The van der Waals surface area contributed by atoms with Crippen LogP contribution in [-0.4, -0.2) is 57.0 Å². The van der Waals surface area contributed by atoms with Crippen molar-refractivity contribution in [2.24, 2.45) is 0 Å². The molecule has 1 aromatic heterocycles. The van der Waals surface area contributed by atoms with Gasteiger partial charge in [0.25, 0.3) is 0 Å². The lowest BCUT2D eigenvalue weighted by molar-refractivity contribution is -0.118. The summed E-state index contributed by atoms with van der Waals surface area (Å²) in [4.78, 5) is 24.9. The molecule has 3 aliphatic heterocycles. The van der Waals surface area contributed by atoms with E-state index in [9.17, 15) is 13.2 Å². The highest BCUT2D eigenvalue weighted by Crippen LogP contribution is 2.38. The summed E-state index contributed by atoms with van der Waals surface area (Å²) in [5, 5.41) is 3.17. The highest BCUT2D eigenvalue weighted by molar-refractivity contribution is 7.89. The lowest BCUT2D eigenvalue weighted by Crippen LogP contribution is -2.33. The van der Waals surface area contributed by atoms with Crippen molar-refractivity contribution in [2.75, 3.05) is 47.8 Å². The van der Waals surface area contributed by atoms with Crippen molar-refractivity contribution in [3.63, 3.8) is 0 Å². The minimum atomic E-state index is -3.63. The summed E-state index contributed by atoms with van der Waals surface area (Å²) in [5.74, 6) is 1.71. The van der Waals surface area contributed by atoms with Crippen molar-refractivity contribution in [1.82, 2.24) is 14.7 Å². The number of aromatic nitrogens is 2. The Morgan fingerprint density at radius 2 is 1.71 bits per heavy atom. The van der Waals surface area contributed by atoms with Gasteiger partial charge in [-0.3, -0.25) is 4.79 Å². The summed E-state index contributed by atoms with van der Waals surface area (Å²) in [6.45, 7) is 3.30. The van der Waals surface area contributed by atoms with Gasteiger partial charge in [0.2, 0.25) is 15.9 Å². The highest BCUT2D eigenvalue weighted by atomic mass is 32.2. The monoisotopic (exact) mass is 442 g/mol. The van der Waals surface area contributed by atoms with Gasteiger partial charge in [-0.15, -0.1) is 0 Å². The minimum absolute atomic E-state index is 0.128. The van der Waals surface area contributed by atoms with Crippen LogP contribution >= 0.6 is 0 Å². The fourth-order valence-corrected chi connectivity index (χ4v) is 5.74. The third-order valence-electron chi connectivity index (χ3n) is 6.14. The molecule has 9 nitrogen and oxygen atoms in total. The topological polar surface area (TPSA) is 108 Å². The van der Waals surface area contributed by atoms with Crippen LogP contribution in [0.15, 0.2) is 29.4 Å². The molecule has 2 N–H and O–H groups in total. The second-order valence-corrected chi connectivity index (χ2v) is 9.93. The van der Waals surface area contributed by atoms with E-state index in [2.05, 4.69) is 24.9 Å². The Morgan fingerprint density at radius 1 is 0.935 bits per heavy atom. The molecule has 3 aliphatic rings. The number of hydrogen-bond donors (Lipinski definition) is 2. The second kappa shape index (κ2) is 8.08. The standard InChI is InChI=1S/C21H26N6O3S/c28-20-4-3-15-11-17(12-16-5-10-27(20)21(15)16)31(29,30)25-7-6-22-18-13-19(24-14-23-18)26-8-1-2-9-26/h11-14,25H,1-10H2,(H,22,23,24). The van der Waals surface area contributed by atoms with E-state index in [1.54, 1.807) is 17.0 Å². The molecule has 31 heavy (non-hydrogen) atoms. The molecule has 0 spiro atoms. The lowest BCUT2D eigenvalue weighted by atomic mass is 10.00. The minimum Gasteiger partial charge on any atom is -0.369 e. The summed E-state index contributed by atoms with van der Waals surface area (Å²) < 4.78 is 28.4. The van der Waals surface area contributed by atoms with E-state index in [1.165, 1.54) is 19.2 Å². The predicted octanol–water partition coefficient (Wildman–Crippen LogP) is 1.30. The van der Waals surface area contributed by atoms with Gasteiger partial charge in [0.05, 0.1) is 10.6 Å². The van der Waals surface area contributed by atoms with E-state index >= 15 is 0 Å². The van der Waals surface area contributed by atoms with Crippen LogP contribution < -0.4 is 19.8 Å². The van der Waals surface area contributed by atoms with Crippen molar-refractivity contribution in [1.29, 1.82) is 0 Å². The van der Waals surface area contributed by atoms with E-state index in [-0.39, 0.29) is 17.3 Å². The summed E-state index contributed by atoms with van der Waals surface area (Å²) in [6.07, 6.45) is 5.61. The fraction of sp³-hybridized carbons (Fsp3) is 0.476. The molecule has 1 amide bonds. The largest absolute Gasteiger partial charge is 0.369 e. The first kappa shape index (κ1) is 20.2. The first-order valence-electron chi connectivity index (χ1n) is 10.8. The molecule has 0 bridgehead atoms. The first-order valence-corrected chi connectivity index (χ1v) is 12.3. The van der Waals surface area contributed by atoms with E-state index in [1.807, 2.05) is 6.07 Å². The molecular weight excluding hydrogens is 416 g/mol. The number of rotatable bonds is 7. The molecule has 4 heterocycles. The van der Waals surface area contributed by atoms with Crippen LogP contribution in [0, 0.1) is 0 Å². The number of amides is 1. The molecular formula is C21H26N6O3S. The van der Waals surface area contributed by atoms with Crippen molar-refractivity contribution < 1.29 is 13.2 Å². The summed E-state index contributed by atoms with van der Waals surface area (Å²) >= 11 is 0. The number of hydrogen-bond acceptors (Lipinski definition) is 7. The molecule has 0 saturated carbocycles. The third kappa shape index (κ3) is 3.97. The lowest BCUT2D eigenvalue weighted by Gasteiger charge is -2.25. The SMILES string of the molecule is O=C1CCc2cc(S(=O)(=O)NCCNc3cc(N4CCCC4)ncn3)cc3c2N1CC3. The summed E-state index contributed by atoms with van der Waals surface area (Å²) in [6, 6.07) is 5.32. The first-order chi connectivity index (χ1) is 15.0. The zero-order valence-corrected chi connectivity index (χ0v) is 18.1. The zero-order chi connectivity index (χ0) is 21.4. The third-order valence-corrected chi connectivity index (χ3v) is 7.58. The molecule has 1 fully saturated rings. The van der Waals surface area contributed by atoms with Crippen molar-refractivity contribution in [2.45, 2.75) is 37.0 Å². The Balaban J connectivity index is 1.21. The maximum absolute atomic E-state index is 12.9. The number of benzene rings is 1. The molecule has 1 aromatic carbocycles. The highest BCUT2D eigenvalue weighted by Gasteiger charge is 2.32. The van der Waals surface area contributed by atoms with Crippen LogP contribution in [-0.2, 0) is 27.7 Å². The number of anilines is 3. The molecule has 0 radical (unpaired) electrons. The number of carbonyl (C=O) groups excluding carboxylic acids is 1. The maximum atomic E-state index is 12.9. The number of aryl methyl sites for hydroxylation is 1. The van der Waals surface area contributed by atoms with Gasteiger partial charge in [0.15, 0.2) is 0 Å². The number of carbonyl (C=O) groups is 1. The molecule has 0 aliphatic carbocycles. The Bertz CT molecular complexity index is 1110. The molecule has 1 saturated heterocycles. The van der Waals surface area contributed by atoms with E-state index < -0.39 is 10.0 Å². The second-order valence-electron chi connectivity index (χ2n) is 8.17. The normalized spacial score (nSPS) is 17.9. The van der Waals surface area contributed by atoms with Crippen LogP contribution in [0.4, 0.5) is 17.3 Å². The smallest absolute Gasteiger partial charge is 0.240 e. The van der Waals surface area contributed by atoms with Gasteiger partial charge in [0.1, 0.15) is 18.0 Å². The van der Waals surface area contributed by atoms with Crippen molar-refractivity contribution >= 4 is 33.3 Å². The van der Waals surface area contributed by atoms with Gasteiger partial charge in [-0.1, -0.05) is 0 Å². The molecule has 0 atom stereocenters. The Morgan fingerprint density at radius 3 is 2.52 bits per heavy atom. The summed E-state index contributed by atoms with van der Waals surface area (Å²) in [5.41, 5.74) is 2.82. The summed E-state index contributed by atoms with van der Waals surface area (Å²) in [7, 11) is -3.63. The van der Waals surface area contributed by atoms with Crippen molar-refractivity contribution in [3.05, 3.63) is 35.7 Å². The van der Waals surface area contributed by atoms with Crippen molar-refractivity contribution in [3.8, 4) is 0 Å². The Kier molecular flexibility index (Phi) is 5.27. The number of sulfonamides is 1. The quantitative estimate of drug-likeness (QED) is 0.623. The molecule has 10 heteroatoms. The number of nitrogens with zero attached hydrogens (tertiary/aromatic N) is 4. The molecule has 164 valence electrons. The van der Waals surface area contributed by atoms with Crippen LogP contribution in [0.3, 0.4) is 0 Å². The van der Waals surface area contributed by atoms with Gasteiger partial charge in [-0.25, -0.2) is 23.1 Å². The van der Waals surface area contributed by atoms with Gasteiger partial charge in [-0.2, -0.15) is 0 Å². The van der Waals surface area contributed by atoms with Crippen LogP contribution in [0.1, 0.15) is 30.4 Å². The van der Waals surface area contributed by atoms with Gasteiger partial charge in [-0.05, 0) is 48.9 Å². The Labute approximate surface area is 181 Å².